The Hall–Kier alpha value is -2.96. The van der Waals surface area contributed by atoms with E-state index in [0.29, 0.717) is 17.1 Å². The van der Waals surface area contributed by atoms with E-state index in [2.05, 4.69) is 15.1 Å². The number of nitrogens with zero attached hydrogens (tertiary/aromatic N) is 5. The van der Waals surface area contributed by atoms with Crippen LogP contribution in [0.1, 0.15) is 10.5 Å². The van der Waals surface area contributed by atoms with E-state index >= 15 is 0 Å². The normalized spacial score (nSPS) is 10.7. The van der Waals surface area contributed by atoms with Crippen LogP contribution in [0.4, 0.5) is 0 Å². The van der Waals surface area contributed by atoms with Gasteiger partial charge in [0.25, 0.3) is 0 Å². The second-order valence-corrected chi connectivity index (χ2v) is 4.27. The molecule has 0 atom stereocenters. The Labute approximate surface area is 114 Å². The van der Waals surface area contributed by atoms with Crippen molar-refractivity contribution in [3.8, 4) is 17.1 Å². The Morgan fingerprint density at radius 1 is 1.40 bits per heavy atom. The maximum atomic E-state index is 11.1. The topological polar surface area (TPSA) is 85.8 Å². The van der Waals surface area contributed by atoms with E-state index in [-0.39, 0.29) is 5.69 Å². The van der Waals surface area contributed by atoms with Crippen LogP contribution in [0.25, 0.3) is 17.1 Å². The Balaban J connectivity index is 2.20. The first-order chi connectivity index (χ1) is 9.65. The maximum absolute atomic E-state index is 11.1. The van der Waals surface area contributed by atoms with Gasteiger partial charge in [0.15, 0.2) is 5.69 Å². The average molecular weight is 269 g/mol. The zero-order valence-corrected chi connectivity index (χ0v) is 10.6. The molecule has 1 N–H and O–H groups in total. The first-order valence-electron chi connectivity index (χ1n) is 5.87. The van der Waals surface area contributed by atoms with E-state index in [1.165, 1.54) is 10.7 Å². The van der Waals surface area contributed by atoms with Gasteiger partial charge in [0.05, 0.1) is 23.9 Å². The number of carbonyl (C=O) groups is 1. The van der Waals surface area contributed by atoms with Crippen molar-refractivity contribution in [2.24, 2.45) is 7.05 Å². The SMILES string of the molecule is Cn1cnc(-c2cc(C(=O)O)nn2-c2cccnc2)c1. The van der Waals surface area contributed by atoms with E-state index in [0.717, 1.165) is 0 Å². The summed E-state index contributed by atoms with van der Waals surface area (Å²) in [4.78, 5) is 19.4. The van der Waals surface area contributed by atoms with Gasteiger partial charge in [0.2, 0.25) is 0 Å². The number of pyridine rings is 1. The minimum atomic E-state index is -1.08. The lowest BCUT2D eigenvalue weighted by Gasteiger charge is -2.04. The van der Waals surface area contributed by atoms with Crippen LogP contribution in [0.2, 0.25) is 0 Å². The lowest BCUT2D eigenvalue weighted by Crippen LogP contribution is -2.02. The molecule has 3 rings (SSSR count). The highest BCUT2D eigenvalue weighted by atomic mass is 16.4. The van der Waals surface area contributed by atoms with Crippen molar-refractivity contribution in [2.75, 3.05) is 0 Å². The third kappa shape index (κ3) is 2.05. The molecule has 0 radical (unpaired) electrons. The summed E-state index contributed by atoms with van der Waals surface area (Å²) >= 11 is 0. The highest BCUT2D eigenvalue weighted by Crippen LogP contribution is 2.22. The van der Waals surface area contributed by atoms with Gasteiger partial charge in [-0.1, -0.05) is 0 Å². The lowest BCUT2D eigenvalue weighted by molar-refractivity contribution is 0.0690. The summed E-state index contributed by atoms with van der Waals surface area (Å²) in [6.07, 6.45) is 6.71. The predicted molar refractivity (Wildman–Crippen MR) is 70.5 cm³/mol. The number of aromatic nitrogens is 5. The molecule has 0 aliphatic heterocycles. The van der Waals surface area contributed by atoms with Crippen LogP contribution in [-0.4, -0.2) is 35.4 Å². The van der Waals surface area contributed by atoms with E-state index < -0.39 is 5.97 Å². The molecule has 0 saturated heterocycles. The lowest BCUT2D eigenvalue weighted by atomic mass is 10.3. The van der Waals surface area contributed by atoms with Gasteiger partial charge < -0.3 is 9.67 Å². The van der Waals surface area contributed by atoms with Gasteiger partial charge in [-0.15, -0.1) is 0 Å². The number of hydrogen-bond acceptors (Lipinski definition) is 4. The fourth-order valence-corrected chi connectivity index (χ4v) is 1.89. The number of hydrogen-bond donors (Lipinski definition) is 1. The van der Waals surface area contributed by atoms with Gasteiger partial charge >= 0.3 is 5.97 Å². The zero-order chi connectivity index (χ0) is 14.1. The Kier molecular flexibility index (Phi) is 2.79. The quantitative estimate of drug-likeness (QED) is 0.776. The van der Waals surface area contributed by atoms with Crippen LogP contribution in [-0.2, 0) is 7.05 Å². The first kappa shape index (κ1) is 12.1. The number of aromatic carboxylic acids is 1. The number of aryl methyl sites for hydroxylation is 1. The monoisotopic (exact) mass is 269 g/mol. The predicted octanol–water partition coefficient (Wildman–Crippen LogP) is 1.37. The third-order valence-corrected chi connectivity index (χ3v) is 2.79. The summed E-state index contributed by atoms with van der Waals surface area (Å²) in [5, 5.41) is 13.2. The minimum absolute atomic E-state index is 0.0329. The molecule has 0 fully saturated rings. The van der Waals surface area contributed by atoms with Crippen molar-refractivity contribution in [1.82, 2.24) is 24.3 Å². The van der Waals surface area contributed by atoms with Crippen molar-refractivity contribution in [1.29, 1.82) is 0 Å². The first-order valence-corrected chi connectivity index (χ1v) is 5.87. The molecular weight excluding hydrogens is 258 g/mol. The van der Waals surface area contributed by atoms with E-state index in [1.54, 1.807) is 41.6 Å². The van der Waals surface area contributed by atoms with Crippen molar-refractivity contribution in [3.05, 3.63) is 48.8 Å². The van der Waals surface area contributed by atoms with Crippen LogP contribution in [0.3, 0.4) is 0 Å². The summed E-state index contributed by atoms with van der Waals surface area (Å²) in [7, 11) is 1.85. The highest BCUT2D eigenvalue weighted by molar-refractivity contribution is 5.87. The second kappa shape index (κ2) is 4.61. The number of carboxylic acids is 1. The maximum Gasteiger partial charge on any atom is 0.356 e. The summed E-state index contributed by atoms with van der Waals surface area (Å²) < 4.78 is 3.31. The molecule has 0 bridgehead atoms. The standard InChI is InChI=1S/C13H11N5O2/c1-17-7-11(15-8-17)12-5-10(13(19)20)16-18(12)9-3-2-4-14-6-9/h2-8H,1H3,(H,19,20). The molecule has 0 spiro atoms. The van der Waals surface area contributed by atoms with Gasteiger partial charge in [-0.3, -0.25) is 4.98 Å². The van der Waals surface area contributed by atoms with Crippen molar-refractivity contribution < 1.29 is 9.90 Å². The molecule has 20 heavy (non-hydrogen) atoms. The summed E-state index contributed by atoms with van der Waals surface area (Å²) in [5.41, 5.74) is 1.91. The summed E-state index contributed by atoms with van der Waals surface area (Å²) in [6.45, 7) is 0. The minimum Gasteiger partial charge on any atom is -0.476 e. The van der Waals surface area contributed by atoms with Gasteiger partial charge in [-0.25, -0.2) is 14.5 Å². The van der Waals surface area contributed by atoms with E-state index in [4.69, 9.17) is 5.11 Å². The molecule has 0 unspecified atom stereocenters. The molecule has 0 saturated carbocycles. The van der Waals surface area contributed by atoms with Crippen LogP contribution >= 0.6 is 0 Å². The second-order valence-electron chi connectivity index (χ2n) is 4.27. The number of rotatable bonds is 3. The van der Waals surface area contributed by atoms with Gasteiger partial charge in [-0.05, 0) is 12.1 Å². The fraction of sp³-hybridized carbons (Fsp3) is 0.0769. The summed E-state index contributed by atoms with van der Waals surface area (Å²) in [6, 6.07) is 5.06. The van der Waals surface area contributed by atoms with E-state index in [9.17, 15) is 4.79 Å². The molecule has 0 aliphatic carbocycles. The smallest absolute Gasteiger partial charge is 0.356 e. The molecular formula is C13H11N5O2. The average Bonchev–Trinajstić information content (AvgIpc) is 3.05. The van der Waals surface area contributed by atoms with Crippen molar-refractivity contribution >= 4 is 5.97 Å². The van der Waals surface area contributed by atoms with Gasteiger partial charge in [-0.2, -0.15) is 5.10 Å². The highest BCUT2D eigenvalue weighted by Gasteiger charge is 2.17. The van der Waals surface area contributed by atoms with Gasteiger partial charge in [0.1, 0.15) is 5.69 Å². The molecule has 0 aromatic carbocycles. The van der Waals surface area contributed by atoms with Gasteiger partial charge in [0, 0.05) is 25.5 Å². The van der Waals surface area contributed by atoms with Crippen LogP contribution in [0.5, 0.6) is 0 Å². The Bertz CT molecular complexity index is 760. The molecule has 0 amide bonds. The summed E-state index contributed by atoms with van der Waals surface area (Å²) in [5.74, 6) is -1.08. The van der Waals surface area contributed by atoms with Crippen molar-refractivity contribution in [3.63, 3.8) is 0 Å². The molecule has 7 heteroatoms. The molecule has 3 aromatic rings. The molecule has 0 aliphatic rings. The Morgan fingerprint density at radius 2 is 2.25 bits per heavy atom. The van der Waals surface area contributed by atoms with E-state index in [1.807, 2.05) is 7.05 Å². The molecule has 3 heterocycles. The van der Waals surface area contributed by atoms with Crippen LogP contribution in [0, 0.1) is 0 Å². The van der Waals surface area contributed by atoms with Crippen LogP contribution < -0.4 is 0 Å². The number of imidazole rings is 1. The number of carboxylic acid groups (broad SMARTS) is 1. The molecule has 7 nitrogen and oxygen atoms in total. The zero-order valence-electron chi connectivity index (χ0n) is 10.6. The fourth-order valence-electron chi connectivity index (χ4n) is 1.89. The molecule has 3 aromatic heterocycles. The third-order valence-electron chi connectivity index (χ3n) is 2.79. The Morgan fingerprint density at radius 3 is 2.85 bits per heavy atom. The van der Waals surface area contributed by atoms with Crippen LogP contribution in [0.15, 0.2) is 43.1 Å². The van der Waals surface area contributed by atoms with Crippen molar-refractivity contribution in [2.45, 2.75) is 0 Å². The largest absolute Gasteiger partial charge is 0.476 e. The molecule has 100 valence electrons.